The van der Waals surface area contributed by atoms with Gasteiger partial charge in [0.05, 0.1) is 5.60 Å². The zero-order chi connectivity index (χ0) is 17.2. The first-order chi connectivity index (χ1) is 11.5. The molecule has 1 aromatic heterocycles. The molecule has 0 saturated carbocycles. The molecule has 1 aromatic rings. The first-order valence-corrected chi connectivity index (χ1v) is 8.74. The number of likely N-dealkylation sites (tertiary alicyclic amines) is 2. The molecule has 0 aromatic carbocycles. The highest BCUT2D eigenvalue weighted by atomic mass is 16.3. The van der Waals surface area contributed by atoms with Gasteiger partial charge in [0.15, 0.2) is 0 Å². The summed E-state index contributed by atoms with van der Waals surface area (Å²) < 4.78 is 0. The van der Waals surface area contributed by atoms with Crippen molar-refractivity contribution in [3.8, 4) is 0 Å². The fourth-order valence-electron chi connectivity index (χ4n) is 3.80. The molecule has 3 heterocycles. The van der Waals surface area contributed by atoms with Crippen LogP contribution in [-0.2, 0) is 11.3 Å². The molecule has 2 unspecified atom stereocenters. The van der Waals surface area contributed by atoms with E-state index >= 15 is 0 Å². The molecule has 2 aliphatic rings. The Balaban J connectivity index is 1.65. The van der Waals surface area contributed by atoms with E-state index in [1.165, 1.54) is 5.56 Å². The summed E-state index contributed by atoms with van der Waals surface area (Å²) in [5.41, 5.74) is 1.64. The molecular formula is C19H27N3O2. The number of carbonyl (C=O) groups is 1. The summed E-state index contributed by atoms with van der Waals surface area (Å²) in [7, 11) is 0. The number of aromatic nitrogens is 1. The van der Waals surface area contributed by atoms with Crippen LogP contribution >= 0.6 is 0 Å². The van der Waals surface area contributed by atoms with Crippen molar-refractivity contribution in [3.05, 3.63) is 41.7 Å². The number of amides is 1. The summed E-state index contributed by atoms with van der Waals surface area (Å²) >= 11 is 0. The molecule has 3 rings (SSSR count). The van der Waals surface area contributed by atoms with Crippen molar-refractivity contribution >= 4 is 5.91 Å². The minimum Gasteiger partial charge on any atom is -0.389 e. The lowest BCUT2D eigenvalue weighted by Crippen LogP contribution is -2.60. The number of aliphatic hydroxyl groups is 1. The molecule has 0 radical (unpaired) electrons. The average molecular weight is 329 g/mol. The van der Waals surface area contributed by atoms with E-state index in [0.29, 0.717) is 19.5 Å². The normalized spacial score (nSPS) is 27.5. The van der Waals surface area contributed by atoms with Crippen molar-refractivity contribution in [2.75, 3.05) is 26.2 Å². The van der Waals surface area contributed by atoms with Crippen LogP contribution < -0.4 is 0 Å². The van der Waals surface area contributed by atoms with Crippen LogP contribution in [0.3, 0.4) is 0 Å². The van der Waals surface area contributed by atoms with E-state index in [0.717, 1.165) is 31.6 Å². The molecule has 1 N–H and O–H groups in total. The van der Waals surface area contributed by atoms with Crippen LogP contribution in [0.2, 0.25) is 0 Å². The molecule has 0 spiro atoms. The van der Waals surface area contributed by atoms with Gasteiger partial charge in [-0.05, 0) is 44.4 Å². The molecule has 2 aliphatic heterocycles. The maximum atomic E-state index is 12.3. The Kier molecular flexibility index (Phi) is 5.01. The van der Waals surface area contributed by atoms with Crippen molar-refractivity contribution in [2.45, 2.75) is 38.8 Å². The average Bonchev–Trinajstić information content (AvgIpc) is 2.55. The van der Waals surface area contributed by atoms with Gasteiger partial charge in [-0.15, -0.1) is 0 Å². The Bertz CT molecular complexity index is 612. The zero-order valence-corrected chi connectivity index (χ0v) is 14.6. The lowest BCUT2D eigenvalue weighted by molar-refractivity contribution is -0.142. The Labute approximate surface area is 144 Å². The number of carbonyl (C=O) groups excluding carboxylic acids is 1. The molecule has 0 aliphatic carbocycles. The smallest absolute Gasteiger partial charge is 0.246 e. The number of allylic oxidation sites excluding steroid dienone is 1. The van der Waals surface area contributed by atoms with E-state index in [1.54, 1.807) is 6.08 Å². The molecule has 2 fully saturated rings. The van der Waals surface area contributed by atoms with Crippen molar-refractivity contribution in [2.24, 2.45) is 5.92 Å². The third kappa shape index (κ3) is 3.84. The van der Waals surface area contributed by atoms with Gasteiger partial charge in [0, 0.05) is 57.1 Å². The molecule has 2 saturated heterocycles. The minimum atomic E-state index is -0.615. The van der Waals surface area contributed by atoms with Crippen molar-refractivity contribution in [1.82, 2.24) is 14.8 Å². The Morgan fingerprint density at radius 1 is 1.29 bits per heavy atom. The van der Waals surface area contributed by atoms with Crippen molar-refractivity contribution < 1.29 is 9.90 Å². The van der Waals surface area contributed by atoms with Crippen molar-refractivity contribution in [1.29, 1.82) is 0 Å². The highest BCUT2D eigenvalue weighted by molar-refractivity contribution is 5.88. The van der Waals surface area contributed by atoms with E-state index in [9.17, 15) is 9.90 Å². The number of pyridine rings is 1. The summed E-state index contributed by atoms with van der Waals surface area (Å²) in [5.74, 6) is 0.194. The van der Waals surface area contributed by atoms with Crippen LogP contribution in [0.15, 0.2) is 36.2 Å². The van der Waals surface area contributed by atoms with Crippen LogP contribution in [0.25, 0.3) is 0 Å². The summed E-state index contributed by atoms with van der Waals surface area (Å²) in [4.78, 5) is 20.6. The SMILES string of the molecule is CC(C)=CC(=O)N1CCC2(O)CCN(Cc3ccncc3)CC2C1. The fraction of sp³-hybridized carbons (Fsp3) is 0.579. The Morgan fingerprint density at radius 3 is 2.71 bits per heavy atom. The Hall–Kier alpha value is -1.72. The largest absolute Gasteiger partial charge is 0.389 e. The third-order valence-corrected chi connectivity index (χ3v) is 5.23. The highest BCUT2D eigenvalue weighted by Gasteiger charge is 2.45. The predicted octanol–water partition coefficient (Wildman–Crippen LogP) is 1.83. The van der Waals surface area contributed by atoms with Gasteiger partial charge in [-0.1, -0.05) is 5.57 Å². The highest BCUT2D eigenvalue weighted by Crippen LogP contribution is 2.36. The van der Waals surface area contributed by atoms with Gasteiger partial charge >= 0.3 is 0 Å². The van der Waals surface area contributed by atoms with Crippen LogP contribution in [0.1, 0.15) is 32.3 Å². The molecule has 5 heteroatoms. The number of nitrogens with zero attached hydrogens (tertiary/aromatic N) is 3. The van der Waals surface area contributed by atoms with E-state index in [4.69, 9.17) is 0 Å². The molecule has 24 heavy (non-hydrogen) atoms. The lowest BCUT2D eigenvalue weighted by Gasteiger charge is -2.50. The molecule has 1 amide bonds. The first-order valence-electron chi connectivity index (χ1n) is 8.74. The molecule has 0 bridgehead atoms. The van der Waals surface area contributed by atoms with Gasteiger partial charge in [0.1, 0.15) is 0 Å². The second kappa shape index (κ2) is 7.03. The van der Waals surface area contributed by atoms with E-state index in [2.05, 4.69) is 9.88 Å². The predicted molar refractivity (Wildman–Crippen MR) is 93.2 cm³/mol. The second-order valence-electron chi connectivity index (χ2n) is 7.40. The van der Waals surface area contributed by atoms with Gasteiger partial charge in [-0.3, -0.25) is 14.7 Å². The summed E-state index contributed by atoms with van der Waals surface area (Å²) in [6, 6.07) is 4.07. The fourth-order valence-corrected chi connectivity index (χ4v) is 3.80. The zero-order valence-electron chi connectivity index (χ0n) is 14.6. The van der Waals surface area contributed by atoms with Gasteiger partial charge < -0.3 is 10.0 Å². The second-order valence-corrected chi connectivity index (χ2v) is 7.40. The monoisotopic (exact) mass is 329 g/mol. The standard InChI is InChI=1S/C19H27N3O2/c1-15(2)11-18(23)22-10-6-19(24)5-9-21(13-17(19)14-22)12-16-3-7-20-8-4-16/h3-4,7-8,11,17,24H,5-6,9-10,12-14H2,1-2H3. The number of hydrogen-bond donors (Lipinski definition) is 1. The molecule has 5 nitrogen and oxygen atoms in total. The Morgan fingerprint density at radius 2 is 2.00 bits per heavy atom. The van der Waals surface area contributed by atoms with Crippen molar-refractivity contribution in [3.63, 3.8) is 0 Å². The third-order valence-electron chi connectivity index (χ3n) is 5.23. The van der Waals surface area contributed by atoms with Crippen LogP contribution in [-0.4, -0.2) is 57.6 Å². The van der Waals surface area contributed by atoms with Gasteiger partial charge in [0.25, 0.3) is 0 Å². The summed E-state index contributed by atoms with van der Waals surface area (Å²) in [5, 5.41) is 11.0. The van der Waals surface area contributed by atoms with Gasteiger partial charge in [-0.25, -0.2) is 0 Å². The summed E-state index contributed by atoms with van der Waals surface area (Å²) in [6.07, 6.45) is 6.80. The maximum absolute atomic E-state index is 12.3. The summed E-state index contributed by atoms with van der Waals surface area (Å²) in [6.45, 7) is 7.78. The quantitative estimate of drug-likeness (QED) is 0.860. The number of fused-ring (bicyclic) bond motifs is 1. The number of hydrogen-bond acceptors (Lipinski definition) is 4. The molecular weight excluding hydrogens is 302 g/mol. The van der Waals surface area contributed by atoms with E-state index in [-0.39, 0.29) is 11.8 Å². The van der Waals surface area contributed by atoms with Crippen LogP contribution in [0.5, 0.6) is 0 Å². The van der Waals surface area contributed by atoms with Gasteiger partial charge in [-0.2, -0.15) is 0 Å². The first kappa shape index (κ1) is 17.1. The number of piperidine rings is 2. The minimum absolute atomic E-state index is 0.0725. The van der Waals surface area contributed by atoms with Crippen LogP contribution in [0.4, 0.5) is 0 Å². The topological polar surface area (TPSA) is 56.7 Å². The molecule has 130 valence electrons. The van der Waals surface area contributed by atoms with Gasteiger partial charge in [0.2, 0.25) is 5.91 Å². The maximum Gasteiger partial charge on any atom is 0.246 e. The molecule has 2 atom stereocenters. The van der Waals surface area contributed by atoms with E-state index in [1.807, 2.05) is 43.3 Å². The van der Waals surface area contributed by atoms with E-state index < -0.39 is 5.60 Å². The number of rotatable bonds is 3. The lowest BCUT2D eigenvalue weighted by atomic mass is 9.75. The van der Waals surface area contributed by atoms with Crippen LogP contribution in [0, 0.1) is 5.92 Å².